The van der Waals surface area contributed by atoms with E-state index in [0.29, 0.717) is 49.6 Å². The standard InChI is InChI=1S/C29H34F2N4O3/c30-23-11-9-21(10-12-23)26-19-27(24-7-3-4-8-25(24)31)35(32-26)28(36)20-34(29(37)22-5-1-2-6-22)14-13-33-15-17-38-18-16-33/h3-4,7-12,22,27H,1-2,5-6,13-20H2/t27-/m0/s1. The highest BCUT2D eigenvalue weighted by Crippen LogP contribution is 2.34. The Hall–Kier alpha value is -3.17. The van der Waals surface area contributed by atoms with Crippen molar-refractivity contribution in [1.29, 1.82) is 0 Å². The molecule has 2 aliphatic heterocycles. The van der Waals surface area contributed by atoms with Gasteiger partial charge < -0.3 is 9.64 Å². The van der Waals surface area contributed by atoms with Gasteiger partial charge in [0.15, 0.2) is 0 Å². The lowest BCUT2D eigenvalue weighted by atomic mass is 9.98. The van der Waals surface area contributed by atoms with E-state index < -0.39 is 11.9 Å². The second kappa shape index (κ2) is 12.1. The van der Waals surface area contributed by atoms with Crippen LogP contribution in [0.2, 0.25) is 0 Å². The fourth-order valence-electron chi connectivity index (χ4n) is 5.57. The van der Waals surface area contributed by atoms with Crippen LogP contribution in [0.25, 0.3) is 0 Å². The molecule has 202 valence electrons. The quantitative estimate of drug-likeness (QED) is 0.524. The molecule has 1 atom stereocenters. The topological polar surface area (TPSA) is 65.5 Å². The Kier molecular flexibility index (Phi) is 8.44. The molecule has 2 aromatic rings. The maximum atomic E-state index is 14.9. The van der Waals surface area contributed by atoms with Crippen LogP contribution in [0.1, 0.15) is 49.3 Å². The van der Waals surface area contributed by atoms with Crippen molar-refractivity contribution in [2.24, 2.45) is 11.0 Å². The van der Waals surface area contributed by atoms with E-state index in [-0.39, 0.29) is 30.1 Å². The van der Waals surface area contributed by atoms with Crippen LogP contribution in [-0.4, -0.2) is 78.3 Å². The van der Waals surface area contributed by atoms with Gasteiger partial charge in [0.2, 0.25) is 5.91 Å². The van der Waals surface area contributed by atoms with Crippen molar-refractivity contribution >= 4 is 17.5 Å². The lowest BCUT2D eigenvalue weighted by Crippen LogP contribution is -2.48. The minimum atomic E-state index is -0.647. The van der Waals surface area contributed by atoms with Crippen molar-refractivity contribution in [2.45, 2.75) is 38.1 Å². The Bertz CT molecular complexity index is 1160. The van der Waals surface area contributed by atoms with Crippen molar-refractivity contribution in [3.05, 3.63) is 71.3 Å². The van der Waals surface area contributed by atoms with Gasteiger partial charge in [-0.05, 0) is 36.6 Å². The largest absolute Gasteiger partial charge is 0.379 e. The highest BCUT2D eigenvalue weighted by Gasteiger charge is 2.37. The lowest BCUT2D eigenvalue weighted by Gasteiger charge is -2.32. The van der Waals surface area contributed by atoms with Crippen molar-refractivity contribution in [3.8, 4) is 0 Å². The Morgan fingerprint density at radius 1 is 1.00 bits per heavy atom. The number of rotatable bonds is 8. The molecule has 1 aliphatic carbocycles. The smallest absolute Gasteiger partial charge is 0.262 e. The molecule has 2 heterocycles. The molecule has 2 fully saturated rings. The molecule has 1 saturated carbocycles. The van der Waals surface area contributed by atoms with Gasteiger partial charge in [0, 0.05) is 44.1 Å². The molecule has 0 radical (unpaired) electrons. The highest BCUT2D eigenvalue weighted by molar-refractivity contribution is 6.03. The normalized spacial score (nSPS) is 20.5. The zero-order chi connectivity index (χ0) is 26.5. The summed E-state index contributed by atoms with van der Waals surface area (Å²) in [6, 6.07) is 11.6. The van der Waals surface area contributed by atoms with Crippen LogP contribution in [0.4, 0.5) is 8.78 Å². The number of carbonyl (C=O) groups is 2. The third-order valence-corrected chi connectivity index (χ3v) is 7.74. The van der Waals surface area contributed by atoms with Crippen molar-refractivity contribution in [1.82, 2.24) is 14.8 Å². The van der Waals surface area contributed by atoms with Crippen molar-refractivity contribution < 1.29 is 23.1 Å². The van der Waals surface area contributed by atoms with Crippen LogP contribution in [0.5, 0.6) is 0 Å². The molecule has 5 rings (SSSR count). The second-order valence-corrected chi connectivity index (χ2v) is 10.2. The molecule has 0 spiro atoms. The van der Waals surface area contributed by atoms with Gasteiger partial charge in [-0.3, -0.25) is 14.5 Å². The minimum absolute atomic E-state index is 0.00786. The molecule has 0 unspecified atom stereocenters. The molecule has 38 heavy (non-hydrogen) atoms. The van der Waals surface area contributed by atoms with Crippen LogP contribution in [-0.2, 0) is 14.3 Å². The first kappa shape index (κ1) is 26.4. The van der Waals surface area contributed by atoms with E-state index in [9.17, 15) is 18.4 Å². The predicted octanol–water partition coefficient (Wildman–Crippen LogP) is 3.99. The van der Waals surface area contributed by atoms with Gasteiger partial charge in [0.25, 0.3) is 5.91 Å². The van der Waals surface area contributed by atoms with Crippen LogP contribution in [0.3, 0.4) is 0 Å². The molecule has 0 N–H and O–H groups in total. The summed E-state index contributed by atoms with van der Waals surface area (Å²) in [4.78, 5) is 31.1. The summed E-state index contributed by atoms with van der Waals surface area (Å²) in [6.45, 7) is 3.90. The van der Waals surface area contributed by atoms with Gasteiger partial charge in [0.1, 0.15) is 18.2 Å². The minimum Gasteiger partial charge on any atom is -0.379 e. The predicted molar refractivity (Wildman–Crippen MR) is 139 cm³/mol. The zero-order valence-electron chi connectivity index (χ0n) is 21.5. The van der Waals surface area contributed by atoms with Crippen LogP contribution >= 0.6 is 0 Å². The van der Waals surface area contributed by atoms with Crippen LogP contribution in [0, 0.1) is 17.6 Å². The summed E-state index contributed by atoms with van der Waals surface area (Å²) >= 11 is 0. The second-order valence-electron chi connectivity index (χ2n) is 10.2. The van der Waals surface area contributed by atoms with Gasteiger partial charge in [-0.1, -0.05) is 43.2 Å². The van der Waals surface area contributed by atoms with Crippen LogP contribution in [0.15, 0.2) is 53.6 Å². The number of benzene rings is 2. The Balaban J connectivity index is 1.38. The third kappa shape index (κ3) is 6.10. The Morgan fingerprint density at radius 2 is 1.71 bits per heavy atom. The third-order valence-electron chi connectivity index (χ3n) is 7.74. The van der Waals surface area contributed by atoms with E-state index in [4.69, 9.17) is 4.74 Å². The van der Waals surface area contributed by atoms with E-state index in [0.717, 1.165) is 38.8 Å². The molecule has 0 aromatic heterocycles. The van der Waals surface area contributed by atoms with Gasteiger partial charge in [-0.15, -0.1) is 0 Å². The summed E-state index contributed by atoms with van der Waals surface area (Å²) in [6.07, 6.45) is 4.02. The van der Waals surface area contributed by atoms with E-state index in [1.54, 1.807) is 35.2 Å². The number of ether oxygens (including phenoxy) is 1. The van der Waals surface area contributed by atoms with E-state index in [2.05, 4.69) is 10.0 Å². The molecule has 3 aliphatic rings. The summed E-state index contributed by atoms with van der Waals surface area (Å²) in [5, 5.41) is 5.91. The number of hydrogen-bond donors (Lipinski definition) is 0. The number of nitrogens with zero attached hydrogens (tertiary/aromatic N) is 4. The number of carbonyl (C=O) groups excluding carboxylic acids is 2. The van der Waals surface area contributed by atoms with Gasteiger partial charge in [-0.25, -0.2) is 13.8 Å². The molecule has 2 aromatic carbocycles. The van der Waals surface area contributed by atoms with Crippen molar-refractivity contribution in [2.75, 3.05) is 45.9 Å². The van der Waals surface area contributed by atoms with E-state index in [1.165, 1.54) is 23.2 Å². The fourth-order valence-corrected chi connectivity index (χ4v) is 5.57. The Morgan fingerprint density at radius 3 is 2.42 bits per heavy atom. The van der Waals surface area contributed by atoms with E-state index >= 15 is 0 Å². The molecular weight excluding hydrogens is 490 g/mol. The number of hydrazone groups is 1. The number of amides is 2. The monoisotopic (exact) mass is 524 g/mol. The zero-order valence-corrected chi connectivity index (χ0v) is 21.5. The van der Waals surface area contributed by atoms with Crippen LogP contribution < -0.4 is 0 Å². The maximum absolute atomic E-state index is 14.9. The average molecular weight is 525 g/mol. The van der Waals surface area contributed by atoms with E-state index in [1.807, 2.05) is 0 Å². The number of hydrogen-bond acceptors (Lipinski definition) is 5. The van der Waals surface area contributed by atoms with Gasteiger partial charge >= 0.3 is 0 Å². The first-order chi connectivity index (χ1) is 18.5. The van der Waals surface area contributed by atoms with Gasteiger partial charge in [-0.2, -0.15) is 5.10 Å². The Labute approximate surface area is 222 Å². The van der Waals surface area contributed by atoms with Crippen molar-refractivity contribution in [3.63, 3.8) is 0 Å². The number of morpholine rings is 1. The van der Waals surface area contributed by atoms with Gasteiger partial charge in [0.05, 0.1) is 25.0 Å². The molecule has 1 saturated heterocycles. The summed E-state index contributed by atoms with van der Waals surface area (Å²) in [7, 11) is 0. The first-order valence-electron chi connectivity index (χ1n) is 13.5. The fraction of sp³-hybridized carbons (Fsp3) is 0.483. The molecule has 0 bridgehead atoms. The number of halogens is 2. The summed E-state index contributed by atoms with van der Waals surface area (Å²) in [5.74, 6) is -1.20. The molecule has 2 amide bonds. The summed E-state index contributed by atoms with van der Waals surface area (Å²) in [5.41, 5.74) is 1.62. The SMILES string of the molecule is O=C(C1CCCC1)N(CCN1CCOCC1)CC(=O)N1N=C(c2ccc(F)cc2)C[C@H]1c1ccccc1F. The lowest BCUT2D eigenvalue weighted by molar-refractivity contribution is -0.144. The molecular formula is C29H34F2N4O3. The molecule has 9 heteroatoms. The highest BCUT2D eigenvalue weighted by atomic mass is 19.1. The average Bonchev–Trinajstić information content (AvgIpc) is 3.63. The summed E-state index contributed by atoms with van der Waals surface area (Å²) < 4.78 is 33.8. The first-order valence-corrected chi connectivity index (χ1v) is 13.5. The maximum Gasteiger partial charge on any atom is 0.262 e. The molecule has 7 nitrogen and oxygen atoms in total.